The molecular weight excluding hydrogens is 440 g/mol. The number of carbonyl (C=O) groups excluding carboxylic acids is 2. The number of non-ortho nitro benzene ring substituents is 1. The van der Waals surface area contributed by atoms with Crippen molar-refractivity contribution in [2.75, 3.05) is 5.75 Å². The predicted molar refractivity (Wildman–Crippen MR) is 103 cm³/mol. The molecule has 0 bridgehead atoms. The quantitative estimate of drug-likeness (QED) is 0.217. The summed E-state index contributed by atoms with van der Waals surface area (Å²) in [5.41, 5.74) is -0.329. The van der Waals surface area contributed by atoms with Crippen LogP contribution in [0.4, 0.5) is 14.5 Å². The highest BCUT2D eigenvalue weighted by Gasteiger charge is 2.58. The normalized spacial score (nSPS) is 21.7. The Morgan fingerprint density at radius 3 is 2.55 bits per heavy atom. The number of nitrogens with zero attached hydrogens (tertiary/aromatic N) is 3. The van der Waals surface area contributed by atoms with Crippen molar-refractivity contribution in [2.45, 2.75) is 25.0 Å². The van der Waals surface area contributed by atoms with E-state index in [1.165, 1.54) is 30.5 Å². The fourth-order valence-electron chi connectivity index (χ4n) is 3.15. The number of amides is 1. The summed E-state index contributed by atoms with van der Waals surface area (Å²) >= 11 is 0.928. The first-order valence-electron chi connectivity index (χ1n) is 8.75. The van der Waals surface area contributed by atoms with Crippen molar-refractivity contribution in [3.8, 4) is 0 Å². The van der Waals surface area contributed by atoms with E-state index in [9.17, 15) is 38.4 Å². The lowest BCUT2D eigenvalue weighted by molar-refractivity contribution is -0.384. The van der Waals surface area contributed by atoms with Gasteiger partial charge in [-0.05, 0) is 17.7 Å². The van der Waals surface area contributed by atoms with Crippen LogP contribution < -0.4 is 0 Å². The third-order valence-electron chi connectivity index (χ3n) is 4.55. The van der Waals surface area contributed by atoms with E-state index in [0.29, 0.717) is 5.56 Å². The number of hydrogen-bond acceptors (Lipinski definition) is 8. The number of carboxylic acids is 1. The second kappa shape index (κ2) is 8.79. The van der Waals surface area contributed by atoms with Crippen LogP contribution in [-0.2, 0) is 19.1 Å². The van der Waals surface area contributed by atoms with Gasteiger partial charge in [0.2, 0.25) is 12.1 Å². The van der Waals surface area contributed by atoms with E-state index >= 15 is 0 Å². The summed E-state index contributed by atoms with van der Waals surface area (Å²) in [5.74, 6) is -5.05. The number of esters is 1. The van der Waals surface area contributed by atoms with Crippen molar-refractivity contribution in [1.82, 2.24) is 4.90 Å². The van der Waals surface area contributed by atoms with Crippen molar-refractivity contribution >= 4 is 41.5 Å². The Hall–Kier alpha value is -3.35. The van der Waals surface area contributed by atoms with E-state index < -0.39 is 52.4 Å². The largest absolute Gasteiger partial charge is 0.477 e. The molecular formula is C18H15F2N3O7S. The molecule has 2 heterocycles. The lowest BCUT2D eigenvalue weighted by Gasteiger charge is -2.49. The van der Waals surface area contributed by atoms with Gasteiger partial charge >= 0.3 is 11.9 Å². The number of carbonyl (C=O) groups is 3. The first-order chi connectivity index (χ1) is 14.6. The van der Waals surface area contributed by atoms with Crippen molar-refractivity contribution in [2.24, 2.45) is 10.9 Å². The van der Waals surface area contributed by atoms with Crippen LogP contribution in [0.25, 0.3) is 0 Å². The van der Waals surface area contributed by atoms with Gasteiger partial charge in [-0.25, -0.2) is 18.6 Å². The van der Waals surface area contributed by atoms with Crippen LogP contribution in [0.2, 0.25) is 0 Å². The average Bonchev–Trinajstić information content (AvgIpc) is 2.69. The third-order valence-corrected chi connectivity index (χ3v) is 5.87. The molecule has 2 aliphatic heterocycles. The molecule has 1 N–H and O–H groups in total. The van der Waals surface area contributed by atoms with Gasteiger partial charge in [-0.2, -0.15) is 0 Å². The summed E-state index contributed by atoms with van der Waals surface area (Å²) in [6.07, 6.45) is -3.13. The van der Waals surface area contributed by atoms with Crippen LogP contribution in [0, 0.1) is 16.0 Å². The fraction of sp³-hybridized carbons (Fsp3) is 0.333. The Morgan fingerprint density at radius 2 is 2.03 bits per heavy atom. The maximum Gasteiger partial charge on any atom is 0.352 e. The molecule has 2 aliphatic rings. The number of nitro benzene ring substituents is 1. The lowest BCUT2D eigenvalue weighted by atomic mass is 9.95. The number of aliphatic imine (C=N–C) groups is 1. The van der Waals surface area contributed by atoms with Crippen LogP contribution in [0.15, 0.2) is 40.5 Å². The molecule has 3 rings (SSSR count). The lowest BCUT2D eigenvalue weighted by Crippen LogP contribution is -2.64. The second-order valence-electron chi connectivity index (χ2n) is 6.54. The third kappa shape index (κ3) is 4.40. The van der Waals surface area contributed by atoms with E-state index in [4.69, 9.17) is 4.74 Å². The van der Waals surface area contributed by atoms with E-state index in [0.717, 1.165) is 23.6 Å². The minimum atomic E-state index is -2.93. The molecule has 164 valence electrons. The Kier molecular flexibility index (Phi) is 6.34. The molecule has 1 unspecified atom stereocenters. The number of fused-ring (bicyclic) bond motifs is 1. The Morgan fingerprint density at radius 1 is 1.39 bits per heavy atom. The molecule has 0 saturated carbocycles. The van der Waals surface area contributed by atoms with Crippen LogP contribution in [-0.4, -0.2) is 62.8 Å². The molecule has 3 atom stereocenters. The number of hydrogen-bond donors (Lipinski definition) is 1. The summed E-state index contributed by atoms with van der Waals surface area (Å²) in [7, 11) is 0. The number of benzene rings is 1. The topological polar surface area (TPSA) is 139 Å². The van der Waals surface area contributed by atoms with Crippen molar-refractivity contribution < 1.29 is 37.9 Å². The van der Waals surface area contributed by atoms with Crippen LogP contribution >= 0.6 is 11.8 Å². The highest BCUT2D eigenvalue weighted by atomic mass is 32.2. The van der Waals surface area contributed by atoms with E-state index in [1.807, 2.05) is 0 Å². The minimum absolute atomic E-state index is 0.0387. The molecule has 0 spiro atoms. The van der Waals surface area contributed by atoms with Crippen LogP contribution in [0.3, 0.4) is 0 Å². The average molecular weight is 455 g/mol. The number of ether oxygens (including phenoxy) is 1. The number of rotatable bonds is 7. The summed E-state index contributed by atoms with van der Waals surface area (Å²) in [5, 5.41) is 19.3. The van der Waals surface area contributed by atoms with Gasteiger partial charge in [0.05, 0.1) is 4.92 Å². The number of carboxylic acid groups (broad SMARTS) is 1. The Bertz CT molecular complexity index is 996. The standard InChI is InChI=1S/C18H15F2N3O7S/c1-8(24)30-15(21-6-9-2-4-10(5-3-9)23(28)29)11-7-31-17-12(14(19)20)16(25)22(17)13(11)18(26)27/h2-6,12,14-15,17H,7H2,1H3,(H,26,27)/t12-,15?,17-/m1/s1. The van der Waals surface area contributed by atoms with Crippen LogP contribution in [0.1, 0.15) is 12.5 Å². The molecule has 1 saturated heterocycles. The Balaban J connectivity index is 1.95. The van der Waals surface area contributed by atoms with Crippen LogP contribution in [0.5, 0.6) is 0 Å². The summed E-state index contributed by atoms with van der Waals surface area (Å²) in [6, 6.07) is 5.23. The predicted octanol–water partition coefficient (Wildman–Crippen LogP) is 2.04. The molecule has 1 aromatic rings. The maximum absolute atomic E-state index is 13.1. The number of β-lactam (4-membered cyclic amide) rings is 1. The number of thioether (sulfide) groups is 1. The van der Waals surface area contributed by atoms with E-state index in [2.05, 4.69) is 4.99 Å². The number of nitro groups is 1. The summed E-state index contributed by atoms with van der Waals surface area (Å²) in [4.78, 5) is 50.5. The van der Waals surface area contributed by atoms with Gasteiger partial charge in [-0.3, -0.25) is 24.6 Å². The fourth-order valence-corrected chi connectivity index (χ4v) is 4.58. The molecule has 13 heteroatoms. The molecule has 0 aliphatic carbocycles. The van der Waals surface area contributed by atoms with Crippen molar-refractivity contribution in [3.63, 3.8) is 0 Å². The SMILES string of the molecule is CC(=O)OC(N=Cc1ccc([N+](=O)[O-])cc1)C1=C(C(=O)O)N2C(=O)[C@@H](C(F)F)[C@H]2SC1. The molecule has 31 heavy (non-hydrogen) atoms. The molecule has 0 aromatic heterocycles. The Labute approximate surface area is 177 Å². The first-order valence-corrected chi connectivity index (χ1v) is 9.80. The zero-order valence-electron chi connectivity index (χ0n) is 15.8. The highest BCUT2D eigenvalue weighted by molar-refractivity contribution is 8.00. The van der Waals surface area contributed by atoms with E-state index in [1.54, 1.807) is 0 Å². The minimum Gasteiger partial charge on any atom is -0.477 e. The van der Waals surface area contributed by atoms with Gasteiger partial charge in [0, 0.05) is 36.6 Å². The molecule has 1 aromatic carbocycles. The summed E-state index contributed by atoms with van der Waals surface area (Å²) in [6.45, 7) is 1.08. The van der Waals surface area contributed by atoms with Gasteiger partial charge in [0.25, 0.3) is 12.1 Å². The van der Waals surface area contributed by atoms with Gasteiger partial charge in [0.1, 0.15) is 17.0 Å². The highest BCUT2D eigenvalue weighted by Crippen LogP contribution is 2.46. The smallest absolute Gasteiger partial charge is 0.352 e. The molecule has 1 fully saturated rings. The number of alkyl halides is 2. The number of halogens is 2. The van der Waals surface area contributed by atoms with Gasteiger partial charge in [0.15, 0.2) is 0 Å². The zero-order chi connectivity index (χ0) is 22.9. The monoisotopic (exact) mass is 455 g/mol. The van der Waals surface area contributed by atoms with E-state index in [-0.39, 0.29) is 17.0 Å². The van der Waals surface area contributed by atoms with Crippen molar-refractivity contribution in [3.05, 3.63) is 51.2 Å². The van der Waals surface area contributed by atoms with Gasteiger partial charge in [-0.15, -0.1) is 11.8 Å². The molecule has 10 nitrogen and oxygen atoms in total. The second-order valence-corrected chi connectivity index (χ2v) is 7.64. The zero-order valence-corrected chi connectivity index (χ0v) is 16.6. The number of aliphatic carboxylic acids is 1. The van der Waals surface area contributed by atoms with Crippen molar-refractivity contribution in [1.29, 1.82) is 0 Å². The van der Waals surface area contributed by atoms with Gasteiger partial charge in [-0.1, -0.05) is 0 Å². The molecule has 1 amide bonds. The maximum atomic E-state index is 13.1. The summed E-state index contributed by atoms with van der Waals surface area (Å²) < 4.78 is 31.3. The molecule has 0 radical (unpaired) electrons. The first kappa shape index (κ1) is 22.3. The van der Waals surface area contributed by atoms with Gasteiger partial charge < -0.3 is 9.84 Å².